The van der Waals surface area contributed by atoms with Gasteiger partial charge in [0.2, 0.25) is 0 Å². The summed E-state index contributed by atoms with van der Waals surface area (Å²) in [5.41, 5.74) is 13.5. The zero-order chi connectivity index (χ0) is 37.1. The molecule has 1 aliphatic carbocycles. The number of furan rings is 1. The molecular formula is C52H33N3O. The quantitative estimate of drug-likeness (QED) is 0.172. The standard InChI is InChI=1S/C52H33N3O/c1-3-14-34(15-4-1)37-18-13-19-38(32-37)51-54-49(35-16-5-2-6-17-35)53-50(55-51)36-26-28-39(29-27-36)52(45-23-10-7-20-41(45)42-21-8-11-24-46(42)52)40-30-31-44-43-22-9-12-25-47(43)56-48(44)33-40/h1-33H. The minimum atomic E-state index is -0.587. The van der Waals surface area contributed by atoms with Crippen LogP contribution in [0, 0.1) is 0 Å². The summed E-state index contributed by atoms with van der Waals surface area (Å²) in [6, 6.07) is 70.4. The number of hydrogen-bond donors (Lipinski definition) is 0. The molecule has 4 heteroatoms. The van der Waals surface area contributed by atoms with Crippen molar-refractivity contribution in [3.8, 4) is 56.4 Å². The van der Waals surface area contributed by atoms with Crippen molar-refractivity contribution in [2.24, 2.45) is 0 Å². The zero-order valence-electron chi connectivity index (χ0n) is 30.3. The molecule has 2 heterocycles. The third-order valence-corrected chi connectivity index (χ3v) is 11.2. The van der Waals surface area contributed by atoms with E-state index in [1.807, 2.05) is 48.5 Å². The second-order valence-electron chi connectivity index (χ2n) is 14.3. The van der Waals surface area contributed by atoms with Gasteiger partial charge in [-0.25, -0.2) is 15.0 Å². The van der Waals surface area contributed by atoms with Gasteiger partial charge in [-0.15, -0.1) is 0 Å². The Bertz CT molecular complexity index is 3030. The van der Waals surface area contributed by atoms with E-state index in [1.54, 1.807) is 0 Å². The molecule has 2 aromatic heterocycles. The van der Waals surface area contributed by atoms with Crippen LogP contribution < -0.4 is 0 Å². The van der Waals surface area contributed by atoms with E-state index >= 15 is 0 Å². The van der Waals surface area contributed by atoms with Crippen LogP contribution in [0.25, 0.3) is 78.4 Å². The smallest absolute Gasteiger partial charge is 0.164 e. The zero-order valence-corrected chi connectivity index (χ0v) is 30.3. The maximum Gasteiger partial charge on any atom is 0.164 e. The van der Waals surface area contributed by atoms with Gasteiger partial charge in [0.25, 0.3) is 0 Å². The maximum absolute atomic E-state index is 6.49. The Kier molecular flexibility index (Phi) is 7.36. The Labute approximate surface area is 324 Å². The number of benzene rings is 8. The molecule has 10 aromatic rings. The lowest BCUT2D eigenvalue weighted by atomic mass is 9.67. The van der Waals surface area contributed by atoms with Gasteiger partial charge in [-0.05, 0) is 62.7 Å². The number of hydrogen-bond acceptors (Lipinski definition) is 4. The van der Waals surface area contributed by atoms with Crippen LogP contribution in [0.2, 0.25) is 0 Å². The molecule has 1 aliphatic rings. The molecule has 0 unspecified atom stereocenters. The van der Waals surface area contributed by atoms with Crippen LogP contribution >= 0.6 is 0 Å². The minimum Gasteiger partial charge on any atom is -0.456 e. The maximum atomic E-state index is 6.49. The third-order valence-electron chi connectivity index (χ3n) is 11.2. The summed E-state index contributed by atoms with van der Waals surface area (Å²) in [5.74, 6) is 1.88. The van der Waals surface area contributed by atoms with Crippen LogP contribution in [-0.2, 0) is 5.41 Å². The lowest BCUT2D eigenvalue weighted by Crippen LogP contribution is -2.28. The summed E-state index contributed by atoms with van der Waals surface area (Å²) in [6.07, 6.45) is 0. The van der Waals surface area contributed by atoms with E-state index in [2.05, 4.69) is 152 Å². The average Bonchev–Trinajstić information content (AvgIpc) is 3.80. The molecule has 0 N–H and O–H groups in total. The molecule has 0 amide bonds. The molecule has 0 bridgehead atoms. The van der Waals surface area contributed by atoms with Crippen molar-refractivity contribution in [1.82, 2.24) is 15.0 Å². The summed E-state index contributed by atoms with van der Waals surface area (Å²) < 4.78 is 6.49. The van der Waals surface area contributed by atoms with Gasteiger partial charge in [-0.3, -0.25) is 0 Å². The number of fused-ring (bicyclic) bond motifs is 6. The van der Waals surface area contributed by atoms with Crippen molar-refractivity contribution < 1.29 is 4.42 Å². The number of rotatable bonds is 6. The fourth-order valence-electron chi connectivity index (χ4n) is 8.67. The minimum absolute atomic E-state index is 0.587. The predicted octanol–water partition coefficient (Wildman–Crippen LogP) is 12.8. The van der Waals surface area contributed by atoms with Crippen LogP contribution in [-0.4, -0.2) is 15.0 Å². The normalized spacial score (nSPS) is 12.8. The second-order valence-corrected chi connectivity index (χ2v) is 14.3. The molecule has 56 heavy (non-hydrogen) atoms. The van der Waals surface area contributed by atoms with Crippen LogP contribution in [0.5, 0.6) is 0 Å². The first kappa shape index (κ1) is 32.0. The van der Waals surface area contributed by atoms with E-state index in [4.69, 9.17) is 19.4 Å². The highest BCUT2D eigenvalue weighted by Gasteiger charge is 2.46. The summed E-state index contributed by atoms with van der Waals surface area (Å²) in [7, 11) is 0. The van der Waals surface area contributed by atoms with Gasteiger partial charge in [0, 0.05) is 27.5 Å². The van der Waals surface area contributed by atoms with Crippen LogP contribution in [0.1, 0.15) is 22.3 Å². The van der Waals surface area contributed by atoms with Gasteiger partial charge < -0.3 is 4.42 Å². The van der Waals surface area contributed by atoms with E-state index < -0.39 is 5.41 Å². The molecule has 0 spiro atoms. The fourth-order valence-corrected chi connectivity index (χ4v) is 8.67. The Morgan fingerprint density at radius 3 is 1.52 bits per heavy atom. The molecular weight excluding hydrogens is 683 g/mol. The highest BCUT2D eigenvalue weighted by Crippen LogP contribution is 2.56. The molecule has 11 rings (SSSR count). The first-order chi connectivity index (χ1) is 27.7. The number of aromatic nitrogens is 3. The first-order valence-corrected chi connectivity index (χ1v) is 18.9. The van der Waals surface area contributed by atoms with Crippen LogP contribution in [0.15, 0.2) is 205 Å². The van der Waals surface area contributed by atoms with Crippen LogP contribution in [0.4, 0.5) is 0 Å². The van der Waals surface area contributed by atoms with Crippen molar-refractivity contribution in [3.05, 3.63) is 222 Å². The van der Waals surface area contributed by atoms with Gasteiger partial charge >= 0.3 is 0 Å². The molecule has 8 aromatic carbocycles. The van der Waals surface area contributed by atoms with Crippen molar-refractivity contribution in [2.45, 2.75) is 5.41 Å². The second kappa shape index (κ2) is 12.9. The van der Waals surface area contributed by atoms with Crippen molar-refractivity contribution in [2.75, 3.05) is 0 Å². The lowest BCUT2D eigenvalue weighted by molar-refractivity contribution is 0.665. The molecule has 0 saturated heterocycles. The summed E-state index contributed by atoms with van der Waals surface area (Å²) in [6.45, 7) is 0. The van der Waals surface area contributed by atoms with E-state index in [0.29, 0.717) is 17.5 Å². The number of nitrogens with zero attached hydrogens (tertiary/aromatic N) is 3. The molecule has 0 fully saturated rings. The Morgan fingerprint density at radius 2 is 0.821 bits per heavy atom. The van der Waals surface area contributed by atoms with Gasteiger partial charge in [-0.1, -0.05) is 182 Å². The van der Waals surface area contributed by atoms with Crippen molar-refractivity contribution in [3.63, 3.8) is 0 Å². The average molecular weight is 716 g/mol. The fraction of sp³-hybridized carbons (Fsp3) is 0.0192. The Morgan fingerprint density at radius 1 is 0.321 bits per heavy atom. The van der Waals surface area contributed by atoms with Gasteiger partial charge in [-0.2, -0.15) is 0 Å². The van der Waals surface area contributed by atoms with Crippen molar-refractivity contribution in [1.29, 1.82) is 0 Å². The van der Waals surface area contributed by atoms with Crippen molar-refractivity contribution >= 4 is 21.9 Å². The molecule has 0 atom stereocenters. The highest BCUT2D eigenvalue weighted by atomic mass is 16.3. The Balaban J connectivity index is 1.09. The monoisotopic (exact) mass is 715 g/mol. The van der Waals surface area contributed by atoms with Gasteiger partial charge in [0.15, 0.2) is 17.5 Å². The van der Waals surface area contributed by atoms with Gasteiger partial charge in [0.05, 0.1) is 5.41 Å². The lowest BCUT2D eigenvalue weighted by Gasteiger charge is -2.34. The molecule has 0 saturated carbocycles. The number of para-hydroxylation sites is 1. The largest absolute Gasteiger partial charge is 0.456 e. The topological polar surface area (TPSA) is 51.8 Å². The van der Waals surface area contributed by atoms with E-state index in [1.165, 1.54) is 22.3 Å². The molecule has 4 nitrogen and oxygen atoms in total. The highest BCUT2D eigenvalue weighted by molar-refractivity contribution is 6.05. The molecule has 0 aliphatic heterocycles. The predicted molar refractivity (Wildman–Crippen MR) is 226 cm³/mol. The summed E-state index contributed by atoms with van der Waals surface area (Å²) >= 11 is 0. The van der Waals surface area contributed by atoms with E-state index in [9.17, 15) is 0 Å². The van der Waals surface area contributed by atoms with Crippen LogP contribution in [0.3, 0.4) is 0 Å². The first-order valence-electron chi connectivity index (χ1n) is 18.9. The third kappa shape index (κ3) is 5.04. The SMILES string of the molecule is c1ccc(-c2cccc(-c3nc(-c4ccccc4)nc(-c4ccc(C5(c6ccc7c(c6)oc6ccccc67)c6ccccc6-c6ccccc65)cc4)n3)c2)cc1. The molecule has 262 valence electrons. The van der Waals surface area contributed by atoms with E-state index in [-0.39, 0.29) is 0 Å². The summed E-state index contributed by atoms with van der Waals surface area (Å²) in [4.78, 5) is 15.2. The van der Waals surface area contributed by atoms with Gasteiger partial charge in [0.1, 0.15) is 11.2 Å². The summed E-state index contributed by atoms with van der Waals surface area (Å²) in [5, 5.41) is 2.24. The van der Waals surface area contributed by atoms with E-state index in [0.717, 1.165) is 60.9 Å². The Hall–Kier alpha value is -7.43. The molecule has 0 radical (unpaired) electrons.